The SMILES string of the molecule is O=C(C=Cc1ccccc1)c1cc(O)cc(O)c1.O=C(O)c1ccc(C(=O)O)c(C(=O)O)c1.O=C(O)c1ccc(C(=O)O)c(C(=O)O)c1. The Morgan fingerprint density at radius 2 is 0.812 bits per heavy atom. The van der Waals surface area contributed by atoms with E-state index in [1.165, 1.54) is 24.3 Å². The molecular formula is C33H24O15. The highest BCUT2D eigenvalue weighted by Gasteiger charge is 2.19. The number of carbonyl (C=O) groups excluding carboxylic acids is 1. The molecule has 0 unspecified atom stereocenters. The van der Waals surface area contributed by atoms with Gasteiger partial charge in [-0.25, -0.2) is 28.8 Å². The maximum absolute atomic E-state index is 11.8. The van der Waals surface area contributed by atoms with Gasteiger partial charge in [0, 0.05) is 11.6 Å². The van der Waals surface area contributed by atoms with Crippen LogP contribution in [0.1, 0.15) is 78.1 Å². The van der Waals surface area contributed by atoms with Crippen LogP contribution in [0.25, 0.3) is 6.08 Å². The maximum atomic E-state index is 11.8. The third-order valence-corrected chi connectivity index (χ3v) is 5.87. The smallest absolute Gasteiger partial charge is 0.336 e. The van der Waals surface area contributed by atoms with Gasteiger partial charge in [-0.3, -0.25) is 4.79 Å². The van der Waals surface area contributed by atoms with E-state index < -0.39 is 58.1 Å². The van der Waals surface area contributed by atoms with Crippen LogP contribution in [-0.4, -0.2) is 82.5 Å². The summed E-state index contributed by atoms with van der Waals surface area (Å²) in [7, 11) is 0. The van der Waals surface area contributed by atoms with E-state index in [0.717, 1.165) is 42.0 Å². The van der Waals surface area contributed by atoms with Crippen LogP contribution in [0.4, 0.5) is 0 Å². The van der Waals surface area contributed by atoms with Gasteiger partial charge in [0.05, 0.1) is 33.4 Å². The number of phenols is 2. The number of carboxylic acids is 6. The zero-order chi connectivity index (χ0) is 36.1. The molecule has 4 aromatic carbocycles. The number of aromatic hydroxyl groups is 2. The molecule has 0 radical (unpaired) electrons. The van der Waals surface area contributed by atoms with E-state index in [1.54, 1.807) is 6.08 Å². The quantitative estimate of drug-likeness (QED) is 0.0902. The largest absolute Gasteiger partial charge is 0.508 e. The van der Waals surface area contributed by atoms with Crippen molar-refractivity contribution in [2.45, 2.75) is 0 Å². The molecule has 0 spiro atoms. The van der Waals surface area contributed by atoms with E-state index in [4.69, 9.17) is 30.6 Å². The minimum atomic E-state index is -1.48. The van der Waals surface area contributed by atoms with Crippen LogP contribution < -0.4 is 0 Å². The molecular weight excluding hydrogens is 636 g/mol. The summed E-state index contributed by atoms with van der Waals surface area (Å²) in [4.78, 5) is 75.3. The van der Waals surface area contributed by atoms with Gasteiger partial charge >= 0.3 is 35.8 Å². The molecule has 0 aliphatic heterocycles. The lowest BCUT2D eigenvalue weighted by Gasteiger charge is -2.02. The third-order valence-electron chi connectivity index (χ3n) is 5.87. The van der Waals surface area contributed by atoms with Crippen molar-refractivity contribution in [1.82, 2.24) is 0 Å². The molecule has 0 aliphatic rings. The fourth-order valence-corrected chi connectivity index (χ4v) is 3.65. The van der Waals surface area contributed by atoms with Gasteiger partial charge < -0.3 is 40.9 Å². The Balaban J connectivity index is 0.000000252. The number of rotatable bonds is 9. The minimum Gasteiger partial charge on any atom is -0.508 e. The number of hydrogen-bond donors (Lipinski definition) is 8. The lowest BCUT2D eigenvalue weighted by molar-refractivity contribution is 0.0648. The summed E-state index contributed by atoms with van der Waals surface area (Å²) in [6.07, 6.45) is 3.09. The highest BCUT2D eigenvalue weighted by molar-refractivity contribution is 6.07. The van der Waals surface area contributed by atoms with E-state index >= 15 is 0 Å². The van der Waals surface area contributed by atoms with Gasteiger partial charge in [0.25, 0.3) is 0 Å². The number of phenolic OH excluding ortho intramolecular Hbond substituents is 2. The van der Waals surface area contributed by atoms with Crippen LogP contribution in [0.5, 0.6) is 11.5 Å². The summed E-state index contributed by atoms with van der Waals surface area (Å²) < 4.78 is 0. The van der Waals surface area contributed by atoms with Crippen LogP contribution in [-0.2, 0) is 0 Å². The fraction of sp³-hybridized carbons (Fsp3) is 0. The summed E-state index contributed by atoms with van der Waals surface area (Å²) in [5, 5.41) is 70.3. The van der Waals surface area contributed by atoms with E-state index in [0.29, 0.717) is 0 Å². The molecule has 0 fully saturated rings. The number of aromatic carboxylic acids is 6. The van der Waals surface area contributed by atoms with Gasteiger partial charge in [0.1, 0.15) is 11.5 Å². The first-order chi connectivity index (χ1) is 22.5. The summed E-state index contributed by atoms with van der Waals surface area (Å²) in [6, 6.07) is 18.8. The second kappa shape index (κ2) is 16.7. The number of ketones is 1. The van der Waals surface area contributed by atoms with Gasteiger partial charge in [0.15, 0.2) is 5.78 Å². The topological polar surface area (TPSA) is 281 Å². The monoisotopic (exact) mass is 660 g/mol. The number of allylic oxidation sites excluding steroid dienone is 1. The zero-order valence-electron chi connectivity index (χ0n) is 24.2. The average Bonchev–Trinajstić information content (AvgIpc) is 3.03. The first-order valence-corrected chi connectivity index (χ1v) is 13.0. The predicted octanol–water partition coefficient (Wildman–Crippen LogP) is 4.56. The number of hydrogen-bond acceptors (Lipinski definition) is 9. The molecule has 0 bridgehead atoms. The highest BCUT2D eigenvalue weighted by Crippen LogP contribution is 2.21. The Morgan fingerprint density at radius 3 is 1.17 bits per heavy atom. The molecule has 0 heterocycles. The first kappa shape index (κ1) is 36.9. The van der Waals surface area contributed by atoms with Crippen molar-refractivity contribution >= 4 is 47.7 Å². The van der Waals surface area contributed by atoms with Gasteiger partial charge in [-0.2, -0.15) is 0 Å². The van der Waals surface area contributed by atoms with Crippen molar-refractivity contribution in [1.29, 1.82) is 0 Å². The van der Waals surface area contributed by atoms with Crippen LogP contribution in [0.3, 0.4) is 0 Å². The summed E-state index contributed by atoms with van der Waals surface area (Å²) in [5.41, 5.74) is -1.32. The van der Waals surface area contributed by atoms with E-state index in [1.807, 2.05) is 30.3 Å². The molecule has 0 saturated carbocycles. The second-order valence-corrected chi connectivity index (χ2v) is 9.20. The predicted molar refractivity (Wildman–Crippen MR) is 164 cm³/mol. The van der Waals surface area contributed by atoms with E-state index in [-0.39, 0.29) is 34.0 Å². The minimum absolute atomic E-state index is 0.133. The van der Waals surface area contributed by atoms with Crippen LogP contribution >= 0.6 is 0 Å². The van der Waals surface area contributed by atoms with Gasteiger partial charge in [0.2, 0.25) is 0 Å². The van der Waals surface area contributed by atoms with Gasteiger partial charge in [-0.05, 0) is 60.2 Å². The van der Waals surface area contributed by atoms with Crippen molar-refractivity contribution in [3.05, 3.63) is 136 Å². The Labute approximate surface area is 269 Å². The van der Waals surface area contributed by atoms with Gasteiger partial charge in [-0.15, -0.1) is 0 Å². The molecule has 48 heavy (non-hydrogen) atoms. The fourth-order valence-electron chi connectivity index (χ4n) is 3.65. The molecule has 8 N–H and O–H groups in total. The molecule has 4 rings (SSSR count). The molecule has 4 aromatic rings. The Hall–Kier alpha value is -7.29. The normalized spacial score (nSPS) is 10.0. The molecule has 0 aromatic heterocycles. The second-order valence-electron chi connectivity index (χ2n) is 9.20. The van der Waals surface area contributed by atoms with Crippen LogP contribution in [0, 0.1) is 0 Å². The first-order valence-electron chi connectivity index (χ1n) is 13.0. The average molecular weight is 661 g/mol. The molecule has 0 atom stereocenters. The summed E-state index contributed by atoms with van der Waals surface area (Å²) in [6.45, 7) is 0. The summed E-state index contributed by atoms with van der Waals surface area (Å²) in [5.74, 6) is -8.94. The van der Waals surface area contributed by atoms with Crippen molar-refractivity contribution in [3.8, 4) is 11.5 Å². The number of carbonyl (C=O) groups is 7. The van der Waals surface area contributed by atoms with Crippen molar-refractivity contribution in [2.24, 2.45) is 0 Å². The third kappa shape index (κ3) is 10.7. The maximum Gasteiger partial charge on any atom is 0.336 e. The standard InChI is InChI=1S/C15H12O3.2C9H6O6/c16-13-8-12(9-14(17)10-13)15(18)7-6-11-4-2-1-3-5-11;2*10-7(11)4-1-2-5(8(12)13)6(3-4)9(14)15/h1-10,16-17H;2*1-3H,(H,10,11)(H,12,13)(H,14,15). The molecule has 246 valence electrons. The van der Waals surface area contributed by atoms with Crippen LogP contribution in [0.2, 0.25) is 0 Å². The molecule has 0 amide bonds. The van der Waals surface area contributed by atoms with Crippen LogP contribution in [0.15, 0.2) is 91.0 Å². The summed E-state index contributed by atoms with van der Waals surface area (Å²) >= 11 is 0. The van der Waals surface area contributed by atoms with Crippen molar-refractivity contribution < 1.29 is 74.4 Å². The molecule has 0 saturated heterocycles. The van der Waals surface area contributed by atoms with E-state index in [2.05, 4.69) is 0 Å². The number of benzene rings is 4. The Morgan fingerprint density at radius 1 is 0.417 bits per heavy atom. The van der Waals surface area contributed by atoms with Crippen molar-refractivity contribution in [3.63, 3.8) is 0 Å². The molecule has 15 heteroatoms. The number of carboxylic acid groups (broad SMARTS) is 6. The van der Waals surface area contributed by atoms with E-state index in [9.17, 15) is 43.8 Å². The van der Waals surface area contributed by atoms with Gasteiger partial charge in [-0.1, -0.05) is 36.4 Å². The molecule has 15 nitrogen and oxygen atoms in total. The Kier molecular flexibility index (Phi) is 12.8. The Bertz CT molecular complexity index is 1820. The lowest BCUT2D eigenvalue weighted by atomic mass is 10.0. The molecule has 0 aliphatic carbocycles. The lowest BCUT2D eigenvalue weighted by Crippen LogP contribution is -2.10. The highest BCUT2D eigenvalue weighted by atomic mass is 16.4. The zero-order valence-corrected chi connectivity index (χ0v) is 24.2. The van der Waals surface area contributed by atoms with Crippen molar-refractivity contribution in [2.75, 3.05) is 0 Å².